The number of carbonyl (C=O) groups excluding carboxylic acids is 2. The van der Waals surface area contributed by atoms with E-state index in [0.717, 1.165) is 42.4 Å². The monoisotopic (exact) mass is 345 g/mol. The van der Waals surface area contributed by atoms with E-state index in [-0.39, 0.29) is 6.54 Å². The zero-order chi connectivity index (χ0) is 18.0. The molecule has 0 unspecified atom stereocenters. The van der Waals surface area contributed by atoms with Crippen molar-refractivity contribution in [2.24, 2.45) is 0 Å². The first-order chi connectivity index (χ1) is 11.8. The molecule has 0 radical (unpaired) electrons. The number of ether oxygens (including phenoxy) is 2. The Bertz CT molecular complexity index is 800. The molecular formula is C19H23NO5. The summed E-state index contributed by atoms with van der Waals surface area (Å²) in [6.07, 6.45) is 3.58. The molecule has 0 bridgehead atoms. The highest BCUT2D eigenvalue weighted by atomic mass is 16.6. The fourth-order valence-corrected chi connectivity index (χ4v) is 2.93. The molecule has 0 saturated heterocycles. The topological polar surface area (TPSA) is 77.8 Å². The zero-order valence-corrected chi connectivity index (χ0v) is 14.8. The number of hydrogen-bond acceptors (Lipinski definition) is 5. The minimum Gasteiger partial charge on any atom is -0.461 e. The number of nitrogens with one attached hydrogen (secondary N) is 1. The average Bonchev–Trinajstić information content (AvgIpc) is 2.89. The molecular weight excluding hydrogens is 322 g/mol. The molecule has 134 valence electrons. The lowest BCUT2D eigenvalue weighted by Gasteiger charge is -2.19. The van der Waals surface area contributed by atoms with Gasteiger partial charge >= 0.3 is 12.1 Å². The first-order valence-corrected chi connectivity index (χ1v) is 8.54. The van der Waals surface area contributed by atoms with Crippen LogP contribution >= 0.6 is 0 Å². The molecule has 2 aromatic rings. The smallest absolute Gasteiger partial charge is 0.408 e. The molecule has 25 heavy (non-hydrogen) atoms. The van der Waals surface area contributed by atoms with Crippen LogP contribution in [0, 0.1) is 0 Å². The van der Waals surface area contributed by atoms with Crippen LogP contribution in [0.15, 0.2) is 22.6 Å². The molecule has 1 aliphatic carbocycles. The molecule has 1 amide bonds. The molecule has 1 aromatic carbocycles. The third-order valence-electron chi connectivity index (χ3n) is 3.93. The Balaban J connectivity index is 1.62. The van der Waals surface area contributed by atoms with Crippen molar-refractivity contribution in [2.45, 2.75) is 52.1 Å². The molecule has 1 aliphatic rings. The molecule has 0 aliphatic heterocycles. The van der Waals surface area contributed by atoms with E-state index in [1.54, 1.807) is 26.8 Å². The van der Waals surface area contributed by atoms with Crippen LogP contribution < -0.4 is 10.1 Å². The fraction of sp³-hybridized carbons (Fsp3) is 0.474. The van der Waals surface area contributed by atoms with Crippen molar-refractivity contribution in [3.8, 4) is 5.75 Å². The van der Waals surface area contributed by atoms with Crippen LogP contribution in [0.3, 0.4) is 0 Å². The van der Waals surface area contributed by atoms with Gasteiger partial charge in [-0.15, -0.1) is 0 Å². The highest BCUT2D eigenvalue weighted by Gasteiger charge is 2.19. The van der Waals surface area contributed by atoms with Crippen molar-refractivity contribution < 1.29 is 23.5 Å². The molecule has 0 saturated carbocycles. The van der Waals surface area contributed by atoms with Gasteiger partial charge in [0, 0.05) is 17.4 Å². The second-order valence-electron chi connectivity index (χ2n) is 7.20. The third-order valence-corrected chi connectivity index (χ3v) is 3.93. The van der Waals surface area contributed by atoms with Crippen LogP contribution in [-0.4, -0.2) is 24.2 Å². The highest BCUT2D eigenvalue weighted by Crippen LogP contribution is 2.33. The summed E-state index contributed by atoms with van der Waals surface area (Å²) in [5.74, 6) is 0.927. The number of furan rings is 1. The molecule has 0 fully saturated rings. The van der Waals surface area contributed by atoms with Gasteiger partial charge in [0.25, 0.3) is 0 Å². The van der Waals surface area contributed by atoms with Gasteiger partial charge in [-0.3, -0.25) is 0 Å². The molecule has 0 spiro atoms. The lowest BCUT2D eigenvalue weighted by atomic mass is 9.96. The van der Waals surface area contributed by atoms with E-state index in [1.807, 2.05) is 12.1 Å². The van der Waals surface area contributed by atoms with Crippen molar-refractivity contribution in [3.63, 3.8) is 0 Å². The van der Waals surface area contributed by atoms with Crippen LogP contribution in [-0.2, 0) is 22.4 Å². The van der Waals surface area contributed by atoms with Crippen LogP contribution in [0.25, 0.3) is 11.0 Å². The van der Waals surface area contributed by atoms with E-state index in [4.69, 9.17) is 13.9 Å². The molecule has 1 aromatic heterocycles. The van der Waals surface area contributed by atoms with Crippen molar-refractivity contribution >= 4 is 23.0 Å². The van der Waals surface area contributed by atoms with Crippen molar-refractivity contribution in [1.82, 2.24) is 5.32 Å². The summed E-state index contributed by atoms with van der Waals surface area (Å²) in [5.41, 5.74) is 1.42. The molecule has 3 rings (SSSR count). The summed E-state index contributed by atoms with van der Waals surface area (Å²) in [6, 6.07) is 5.34. The lowest BCUT2D eigenvalue weighted by molar-refractivity contribution is -0.133. The van der Waals surface area contributed by atoms with Crippen molar-refractivity contribution in [2.75, 3.05) is 6.54 Å². The molecule has 6 heteroatoms. The normalized spacial score (nSPS) is 14.0. The quantitative estimate of drug-likeness (QED) is 0.677. The number of benzene rings is 1. The lowest BCUT2D eigenvalue weighted by Crippen LogP contribution is -2.36. The second kappa shape index (κ2) is 6.78. The second-order valence-corrected chi connectivity index (χ2v) is 7.20. The van der Waals surface area contributed by atoms with Gasteiger partial charge in [-0.25, -0.2) is 9.59 Å². The summed E-state index contributed by atoms with van der Waals surface area (Å²) in [6.45, 7) is 5.01. The number of amides is 1. The van der Waals surface area contributed by atoms with Gasteiger partial charge in [-0.2, -0.15) is 0 Å². The number of fused-ring (bicyclic) bond motifs is 3. The predicted octanol–water partition coefficient (Wildman–Crippen LogP) is 3.74. The SMILES string of the molecule is CC(C)(C)OC(=O)NCC(=O)Oc1ccc2oc3c(c2c1)CCCC3. The number of esters is 1. The van der Waals surface area contributed by atoms with Crippen LogP contribution in [0.1, 0.15) is 44.9 Å². The number of aryl methyl sites for hydroxylation is 2. The Hall–Kier alpha value is -2.50. The van der Waals surface area contributed by atoms with Gasteiger partial charge in [0.05, 0.1) is 0 Å². The van der Waals surface area contributed by atoms with Crippen LogP contribution in [0.2, 0.25) is 0 Å². The summed E-state index contributed by atoms with van der Waals surface area (Å²) in [5, 5.41) is 3.39. The van der Waals surface area contributed by atoms with E-state index in [0.29, 0.717) is 5.75 Å². The summed E-state index contributed by atoms with van der Waals surface area (Å²) in [7, 11) is 0. The van der Waals surface area contributed by atoms with Gasteiger partial charge in [0.1, 0.15) is 29.2 Å². The fourth-order valence-electron chi connectivity index (χ4n) is 2.93. The van der Waals surface area contributed by atoms with Gasteiger partial charge in [-0.1, -0.05) is 0 Å². The summed E-state index contributed by atoms with van der Waals surface area (Å²) in [4.78, 5) is 23.5. The highest BCUT2D eigenvalue weighted by molar-refractivity contribution is 5.85. The maximum atomic E-state index is 11.9. The maximum Gasteiger partial charge on any atom is 0.408 e. The van der Waals surface area contributed by atoms with Gasteiger partial charge < -0.3 is 19.2 Å². The van der Waals surface area contributed by atoms with E-state index in [1.165, 1.54) is 5.56 Å². The Morgan fingerprint density at radius 2 is 1.96 bits per heavy atom. The first-order valence-electron chi connectivity index (χ1n) is 8.54. The van der Waals surface area contributed by atoms with E-state index >= 15 is 0 Å². The Morgan fingerprint density at radius 3 is 2.72 bits per heavy atom. The maximum absolute atomic E-state index is 11.9. The van der Waals surface area contributed by atoms with Gasteiger partial charge in [0.2, 0.25) is 0 Å². The van der Waals surface area contributed by atoms with Crippen LogP contribution in [0.5, 0.6) is 5.75 Å². The van der Waals surface area contributed by atoms with Crippen molar-refractivity contribution in [1.29, 1.82) is 0 Å². The van der Waals surface area contributed by atoms with E-state index in [9.17, 15) is 9.59 Å². The van der Waals surface area contributed by atoms with Crippen LogP contribution in [0.4, 0.5) is 4.79 Å². The minimum atomic E-state index is -0.649. The minimum absolute atomic E-state index is 0.254. The number of hydrogen-bond donors (Lipinski definition) is 1. The number of carbonyl (C=O) groups is 2. The summed E-state index contributed by atoms with van der Waals surface area (Å²) >= 11 is 0. The number of rotatable bonds is 3. The average molecular weight is 345 g/mol. The molecule has 1 heterocycles. The van der Waals surface area contributed by atoms with E-state index < -0.39 is 17.7 Å². The Morgan fingerprint density at radius 1 is 1.20 bits per heavy atom. The van der Waals surface area contributed by atoms with Gasteiger partial charge in [-0.05, 0) is 58.2 Å². The Labute approximate surface area is 146 Å². The number of alkyl carbamates (subject to hydrolysis) is 1. The zero-order valence-electron chi connectivity index (χ0n) is 14.8. The molecule has 6 nitrogen and oxygen atoms in total. The summed E-state index contributed by atoms with van der Waals surface area (Å²) < 4.78 is 16.3. The standard InChI is InChI=1S/C19H23NO5/c1-19(2,3)25-18(22)20-11-17(21)23-12-8-9-16-14(10-12)13-6-4-5-7-15(13)24-16/h8-10H,4-7,11H2,1-3H3,(H,20,22). The third kappa shape index (κ3) is 4.32. The Kier molecular flexibility index (Phi) is 4.70. The van der Waals surface area contributed by atoms with Crippen molar-refractivity contribution in [3.05, 3.63) is 29.5 Å². The largest absolute Gasteiger partial charge is 0.461 e. The molecule has 0 atom stereocenters. The predicted molar refractivity (Wildman–Crippen MR) is 92.7 cm³/mol. The van der Waals surface area contributed by atoms with Gasteiger partial charge in [0.15, 0.2) is 0 Å². The molecule has 1 N–H and O–H groups in total. The first kappa shape index (κ1) is 17.3. The van der Waals surface area contributed by atoms with E-state index in [2.05, 4.69) is 5.32 Å².